The molecule has 32 heavy (non-hydrogen) atoms. The zero-order valence-corrected chi connectivity index (χ0v) is 18.8. The quantitative estimate of drug-likeness (QED) is 0.505. The largest absolute Gasteiger partial charge is 0.497 e. The molecule has 0 aliphatic rings. The Morgan fingerprint density at radius 2 is 1.72 bits per heavy atom. The molecule has 2 N–H and O–H groups in total. The normalized spacial score (nSPS) is 11.1. The number of nitrogens with one attached hydrogen (secondary N) is 2. The van der Waals surface area contributed by atoms with E-state index >= 15 is 0 Å². The summed E-state index contributed by atoms with van der Waals surface area (Å²) >= 11 is 5.95. The molecule has 0 aliphatic heterocycles. The van der Waals surface area contributed by atoms with Gasteiger partial charge in [-0.05, 0) is 54.1 Å². The molecular weight excluding hydrogens is 459 g/mol. The highest BCUT2D eigenvalue weighted by Gasteiger charge is 2.20. The number of halogens is 2. The molecule has 7 nitrogen and oxygen atoms in total. The Morgan fingerprint density at radius 3 is 2.38 bits per heavy atom. The number of benzene rings is 3. The van der Waals surface area contributed by atoms with Crippen molar-refractivity contribution < 1.29 is 27.1 Å². The van der Waals surface area contributed by atoms with Gasteiger partial charge < -0.3 is 14.8 Å². The molecule has 3 rings (SSSR count). The van der Waals surface area contributed by atoms with Gasteiger partial charge in [0, 0.05) is 11.6 Å². The van der Waals surface area contributed by atoms with Crippen LogP contribution in [-0.4, -0.2) is 28.5 Å². The number of hydrogen-bond donors (Lipinski definition) is 2. The molecule has 1 amide bonds. The van der Waals surface area contributed by atoms with Crippen LogP contribution in [0.5, 0.6) is 11.5 Å². The smallest absolute Gasteiger partial charge is 0.258 e. The van der Waals surface area contributed by atoms with Gasteiger partial charge in [-0.25, -0.2) is 17.5 Å². The number of carbonyl (C=O) groups excluding carboxylic acids is 1. The van der Waals surface area contributed by atoms with Crippen LogP contribution in [-0.2, 0) is 16.6 Å². The van der Waals surface area contributed by atoms with Gasteiger partial charge in [-0.15, -0.1) is 0 Å². The first kappa shape index (κ1) is 23.5. The van der Waals surface area contributed by atoms with Crippen molar-refractivity contribution in [2.45, 2.75) is 11.4 Å². The summed E-state index contributed by atoms with van der Waals surface area (Å²) in [5.74, 6) is -0.775. The summed E-state index contributed by atoms with van der Waals surface area (Å²) < 4.78 is 52.4. The molecule has 10 heteroatoms. The molecule has 0 saturated heterocycles. The fourth-order valence-electron chi connectivity index (χ4n) is 2.82. The molecule has 0 bridgehead atoms. The van der Waals surface area contributed by atoms with Crippen LogP contribution in [0, 0.1) is 5.82 Å². The summed E-state index contributed by atoms with van der Waals surface area (Å²) in [5.41, 5.74) is 0.470. The minimum absolute atomic E-state index is 0.00491. The van der Waals surface area contributed by atoms with Crippen LogP contribution in [0.2, 0.25) is 5.02 Å². The average Bonchev–Trinajstić information content (AvgIpc) is 2.78. The van der Waals surface area contributed by atoms with Gasteiger partial charge in [0.1, 0.15) is 17.3 Å². The van der Waals surface area contributed by atoms with Gasteiger partial charge in [0.15, 0.2) is 0 Å². The molecule has 168 valence electrons. The van der Waals surface area contributed by atoms with E-state index in [4.69, 9.17) is 21.1 Å². The van der Waals surface area contributed by atoms with Gasteiger partial charge >= 0.3 is 0 Å². The Hall–Kier alpha value is -3.14. The van der Waals surface area contributed by atoms with Crippen molar-refractivity contribution in [2.24, 2.45) is 0 Å². The van der Waals surface area contributed by atoms with Crippen molar-refractivity contribution >= 4 is 33.2 Å². The van der Waals surface area contributed by atoms with E-state index in [0.717, 1.165) is 18.2 Å². The Balaban J connectivity index is 1.80. The third-order valence-electron chi connectivity index (χ3n) is 4.53. The van der Waals surface area contributed by atoms with Crippen molar-refractivity contribution in [3.63, 3.8) is 0 Å². The zero-order chi connectivity index (χ0) is 23.3. The lowest BCUT2D eigenvalue weighted by Gasteiger charge is -2.12. The monoisotopic (exact) mass is 478 g/mol. The van der Waals surface area contributed by atoms with Crippen LogP contribution in [0.4, 0.5) is 10.1 Å². The lowest BCUT2D eigenvalue weighted by molar-refractivity contribution is 0.102. The molecule has 0 aromatic heterocycles. The van der Waals surface area contributed by atoms with E-state index in [1.54, 1.807) is 30.3 Å². The van der Waals surface area contributed by atoms with Crippen LogP contribution in [0.15, 0.2) is 65.6 Å². The average molecular weight is 479 g/mol. The third-order valence-corrected chi connectivity index (χ3v) is 6.16. The molecule has 0 fully saturated rings. The van der Waals surface area contributed by atoms with E-state index in [0.29, 0.717) is 22.1 Å². The lowest BCUT2D eigenvalue weighted by atomic mass is 10.2. The summed E-state index contributed by atoms with van der Waals surface area (Å²) in [6.07, 6.45) is 0. The summed E-state index contributed by atoms with van der Waals surface area (Å²) in [6, 6.07) is 14.4. The fourth-order valence-corrected chi connectivity index (χ4v) is 4.03. The number of hydrogen-bond acceptors (Lipinski definition) is 5. The highest BCUT2D eigenvalue weighted by molar-refractivity contribution is 7.89. The number of carbonyl (C=O) groups is 1. The number of ether oxygens (including phenoxy) is 2. The van der Waals surface area contributed by atoms with Crippen molar-refractivity contribution in [3.8, 4) is 11.5 Å². The van der Waals surface area contributed by atoms with E-state index in [9.17, 15) is 17.6 Å². The van der Waals surface area contributed by atoms with Gasteiger partial charge in [-0.3, -0.25) is 4.79 Å². The minimum atomic E-state index is -4.01. The maximum absolute atomic E-state index is 14.3. The first-order valence-electron chi connectivity index (χ1n) is 9.30. The number of sulfonamides is 1. The molecule has 0 saturated carbocycles. The Bertz CT molecular complexity index is 1230. The molecule has 0 aliphatic carbocycles. The number of rotatable bonds is 8. The van der Waals surface area contributed by atoms with Crippen LogP contribution in [0.3, 0.4) is 0 Å². The SMILES string of the molecule is COc1ccc(CNS(=O)(=O)c2ccc(F)c(C(=O)Nc3cc(Cl)ccc3OC)c2)cc1. The third kappa shape index (κ3) is 5.56. The molecule has 0 radical (unpaired) electrons. The highest BCUT2D eigenvalue weighted by atomic mass is 35.5. The van der Waals surface area contributed by atoms with Crippen molar-refractivity contribution in [2.75, 3.05) is 19.5 Å². The lowest BCUT2D eigenvalue weighted by Crippen LogP contribution is -2.24. The second-order valence-corrected chi connectivity index (χ2v) is 8.82. The molecule has 0 unspecified atom stereocenters. The predicted octanol–water partition coefficient (Wildman–Crippen LogP) is 4.23. The number of amides is 1. The van der Waals surface area contributed by atoms with Crippen molar-refractivity contribution in [3.05, 3.63) is 82.6 Å². The zero-order valence-electron chi connectivity index (χ0n) is 17.2. The minimum Gasteiger partial charge on any atom is -0.497 e. The van der Waals surface area contributed by atoms with Gasteiger partial charge in [0.2, 0.25) is 10.0 Å². The van der Waals surface area contributed by atoms with Gasteiger partial charge in [-0.2, -0.15) is 0 Å². The fraction of sp³-hybridized carbons (Fsp3) is 0.136. The molecule has 0 atom stereocenters. The van der Waals surface area contributed by atoms with Gasteiger partial charge in [0.05, 0.1) is 30.4 Å². The maximum atomic E-state index is 14.3. The molecular formula is C22H20ClFN2O5S. The standard InChI is InChI=1S/C22H20ClFN2O5S/c1-30-16-6-3-14(4-7-16)13-25-32(28,29)17-8-9-19(24)18(12-17)22(27)26-20-11-15(23)5-10-21(20)31-2/h3-12,25H,13H2,1-2H3,(H,26,27). The topological polar surface area (TPSA) is 93.7 Å². The second-order valence-electron chi connectivity index (χ2n) is 6.61. The summed E-state index contributed by atoms with van der Waals surface area (Å²) in [4.78, 5) is 12.4. The van der Waals surface area contributed by atoms with Crippen molar-refractivity contribution in [1.82, 2.24) is 4.72 Å². The first-order valence-corrected chi connectivity index (χ1v) is 11.2. The Labute approximate surface area is 190 Å². The molecule has 0 heterocycles. The van der Waals surface area contributed by atoms with Crippen LogP contribution in [0.1, 0.15) is 15.9 Å². The predicted molar refractivity (Wildman–Crippen MR) is 119 cm³/mol. The summed E-state index contributed by atoms with van der Waals surface area (Å²) in [6.45, 7) is 0.00491. The first-order chi connectivity index (χ1) is 15.2. The maximum Gasteiger partial charge on any atom is 0.258 e. The molecule has 3 aromatic carbocycles. The Kier molecular flexibility index (Phi) is 7.34. The molecule has 3 aromatic rings. The second kappa shape index (κ2) is 9.99. The highest BCUT2D eigenvalue weighted by Crippen LogP contribution is 2.28. The van der Waals surface area contributed by atoms with Gasteiger partial charge in [0.25, 0.3) is 5.91 Å². The van der Waals surface area contributed by atoms with Crippen molar-refractivity contribution in [1.29, 1.82) is 0 Å². The summed E-state index contributed by atoms with van der Waals surface area (Å²) in [7, 11) is -1.08. The number of anilines is 1. The van der Waals surface area contributed by atoms with E-state index in [1.165, 1.54) is 26.4 Å². The van der Waals surface area contributed by atoms with E-state index in [1.807, 2.05) is 0 Å². The number of methoxy groups -OCH3 is 2. The van der Waals surface area contributed by atoms with Gasteiger partial charge in [-0.1, -0.05) is 23.7 Å². The molecule has 0 spiro atoms. The Morgan fingerprint density at radius 1 is 1.00 bits per heavy atom. The van der Waals surface area contributed by atoms with E-state index < -0.39 is 27.3 Å². The van der Waals surface area contributed by atoms with Crippen LogP contribution >= 0.6 is 11.6 Å². The van der Waals surface area contributed by atoms with E-state index in [2.05, 4.69) is 10.0 Å². The van der Waals surface area contributed by atoms with E-state index in [-0.39, 0.29) is 17.1 Å². The summed E-state index contributed by atoms with van der Waals surface area (Å²) in [5, 5.41) is 2.83. The van der Waals surface area contributed by atoms with Crippen LogP contribution in [0.25, 0.3) is 0 Å². The van der Waals surface area contributed by atoms with Crippen LogP contribution < -0.4 is 19.5 Å².